The fourth-order valence-electron chi connectivity index (χ4n) is 2.24. The van der Waals surface area contributed by atoms with E-state index in [1.807, 2.05) is 0 Å². The van der Waals surface area contributed by atoms with Gasteiger partial charge in [-0.15, -0.1) is 0 Å². The molecule has 6 nitrogen and oxygen atoms in total. The quantitative estimate of drug-likeness (QED) is 0.628. The first kappa shape index (κ1) is 13.7. The maximum absolute atomic E-state index is 11.2. The monoisotopic (exact) mass is 272 g/mol. The summed E-state index contributed by atoms with van der Waals surface area (Å²) in [7, 11) is 0. The summed E-state index contributed by atoms with van der Waals surface area (Å²) in [6.45, 7) is 3.23. The molecule has 0 aliphatic rings. The van der Waals surface area contributed by atoms with Crippen molar-refractivity contribution < 1.29 is 9.85 Å². The highest BCUT2D eigenvalue weighted by atomic mass is 16.6. The van der Waals surface area contributed by atoms with Crippen molar-refractivity contribution in [2.75, 3.05) is 0 Å². The molecule has 0 atom stereocenters. The number of nitro benzene ring substituents is 2. The molecule has 0 radical (unpaired) electrons. The largest absolute Gasteiger partial charge is 0.280 e. The first-order valence-corrected chi connectivity index (χ1v) is 5.92. The Kier molecular flexibility index (Phi) is 3.47. The number of aryl methyl sites for hydroxylation is 2. The van der Waals surface area contributed by atoms with Gasteiger partial charge in [-0.2, -0.15) is 0 Å². The number of para-hydroxylation sites is 2. The third-order valence-corrected chi connectivity index (χ3v) is 3.13. The lowest BCUT2D eigenvalue weighted by Gasteiger charge is -2.07. The van der Waals surface area contributed by atoms with Crippen molar-refractivity contribution >= 4 is 11.4 Å². The summed E-state index contributed by atoms with van der Waals surface area (Å²) in [5.41, 5.74) is 1.30. The van der Waals surface area contributed by atoms with E-state index >= 15 is 0 Å². The van der Waals surface area contributed by atoms with Crippen molar-refractivity contribution in [3.63, 3.8) is 0 Å². The van der Waals surface area contributed by atoms with Crippen LogP contribution < -0.4 is 0 Å². The number of hydrogen-bond donors (Lipinski definition) is 0. The molecule has 0 saturated heterocycles. The Hall–Kier alpha value is -2.76. The van der Waals surface area contributed by atoms with E-state index < -0.39 is 9.85 Å². The second-order valence-electron chi connectivity index (χ2n) is 4.46. The van der Waals surface area contributed by atoms with Crippen molar-refractivity contribution in [3.8, 4) is 11.1 Å². The fourth-order valence-corrected chi connectivity index (χ4v) is 2.24. The number of rotatable bonds is 3. The molecule has 0 N–H and O–H groups in total. The lowest BCUT2D eigenvalue weighted by molar-refractivity contribution is -0.387. The molecule has 2 aromatic carbocycles. The summed E-state index contributed by atoms with van der Waals surface area (Å²) >= 11 is 0. The summed E-state index contributed by atoms with van der Waals surface area (Å²) in [4.78, 5) is 21.4. The van der Waals surface area contributed by atoms with E-state index in [4.69, 9.17) is 0 Å². The summed E-state index contributed by atoms with van der Waals surface area (Å²) in [5.74, 6) is 0. The summed E-state index contributed by atoms with van der Waals surface area (Å²) in [6.07, 6.45) is 0. The predicted octanol–water partition coefficient (Wildman–Crippen LogP) is 3.79. The maximum atomic E-state index is 11.2. The molecule has 20 heavy (non-hydrogen) atoms. The molecule has 0 amide bonds. The Bertz CT molecular complexity index is 649. The van der Waals surface area contributed by atoms with Crippen LogP contribution in [0.15, 0.2) is 36.4 Å². The van der Waals surface area contributed by atoms with Crippen LogP contribution in [-0.2, 0) is 0 Å². The number of nitrogens with zero attached hydrogens (tertiary/aromatic N) is 2. The van der Waals surface area contributed by atoms with Gasteiger partial charge in [-0.05, 0) is 26.0 Å². The van der Waals surface area contributed by atoms with Gasteiger partial charge in [0.2, 0.25) is 0 Å². The first-order chi connectivity index (χ1) is 9.43. The van der Waals surface area contributed by atoms with Gasteiger partial charge in [0.1, 0.15) is 0 Å². The average Bonchev–Trinajstić information content (AvgIpc) is 2.37. The molecule has 0 spiro atoms. The summed E-state index contributed by atoms with van der Waals surface area (Å²) < 4.78 is 0. The minimum atomic E-state index is -0.503. The van der Waals surface area contributed by atoms with Crippen LogP contribution in [0.25, 0.3) is 11.1 Å². The molecular weight excluding hydrogens is 260 g/mol. The molecule has 0 heterocycles. The highest BCUT2D eigenvalue weighted by Gasteiger charge is 2.25. The molecule has 2 aromatic rings. The average molecular weight is 272 g/mol. The molecule has 102 valence electrons. The Balaban J connectivity index is 2.83. The molecule has 0 aliphatic carbocycles. The van der Waals surface area contributed by atoms with Crippen molar-refractivity contribution in [3.05, 3.63) is 67.8 Å². The Morgan fingerprint density at radius 1 is 0.750 bits per heavy atom. The van der Waals surface area contributed by atoms with E-state index in [9.17, 15) is 20.2 Å². The summed E-state index contributed by atoms with van der Waals surface area (Å²) in [5, 5.41) is 22.4. The van der Waals surface area contributed by atoms with Crippen LogP contribution in [0.4, 0.5) is 11.4 Å². The van der Waals surface area contributed by atoms with Gasteiger partial charge >= 0.3 is 0 Å². The Morgan fingerprint density at radius 3 is 1.40 bits per heavy atom. The zero-order valence-electron chi connectivity index (χ0n) is 11.0. The van der Waals surface area contributed by atoms with Crippen LogP contribution in [-0.4, -0.2) is 9.85 Å². The van der Waals surface area contributed by atoms with Gasteiger partial charge in [-0.1, -0.05) is 24.3 Å². The van der Waals surface area contributed by atoms with Crippen LogP contribution in [0.5, 0.6) is 0 Å². The predicted molar refractivity (Wildman–Crippen MR) is 74.7 cm³/mol. The molecule has 0 aromatic heterocycles. The first-order valence-electron chi connectivity index (χ1n) is 5.92. The number of benzene rings is 2. The van der Waals surface area contributed by atoms with Crippen LogP contribution in [0, 0.1) is 34.1 Å². The Morgan fingerprint density at radius 2 is 1.10 bits per heavy atom. The fraction of sp³-hybridized carbons (Fsp3) is 0.143. The highest BCUT2D eigenvalue weighted by Crippen LogP contribution is 2.38. The number of hydrogen-bond acceptors (Lipinski definition) is 4. The highest BCUT2D eigenvalue weighted by molar-refractivity contribution is 5.82. The van der Waals surface area contributed by atoms with Crippen molar-refractivity contribution in [2.45, 2.75) is 13.8 Å². The second-order valence-corrected chi connectivity index (χ2v) is 4.46. The summed E-state index contributed by atoms with van der Waals surface area (Å²) in [6, 6.07) is 9.61. The molecule has 6 heteroatoms. The second kappa shape index (κ2) is 5.08. The lowest BCUT2D eigenvalue weighted by atomic mass is 9.97. The molecular formula is C14H12N2O4. The van der Waals surface area contributed by atoms with Crippen LogP contribution in [0.3, 0.4) is 0 Å². The van der Waals surface area contributed by atoms with E-state index in [0.29, 0.717) is 11.1 Å². The molecule has 0 aliphatic heterocycles. The van der Waals surface area contributed by atoms with Crippen molar-refractivity contribution in [1.82, 2.24) is 0 Å². The van der Waals surface area contributed by atoms with Gasteiger partial charge in [-0.25, -0.2) is 0 Å². The topological polar surface area (TPSA) is 86.3 Å². The Labute approximate surface area is 115 Å². The molecule has 2 rings (SSSR count). The minimum Gasteiger partial charge on any atom is -0.258 e. The van der Waals surface area contributed by atoms with Gasteiger partial charge in [0.25, 0.3) is 11.4 Å². The SMILES string of the molecule is Cc1cccc(-c2cccc(C)c2[N+](=O)[O-])c1[N+](=O)[O-]. The minimum absolute atomic E-state index is 0.0961. The zero-order valence-corrected chi connectivity index (χ0v) is 11.0. The van der Waals surface area contributed by atoms with Gasteiger partial charge in [-0.3, -0.25) is 20.2 Å². The lowest BCUT2D eigenvalue weighted by Crippen LogP contribution is -1.99. The third kappa shape index (κ3) is 2.23. The van der Waals surface area contributed by atoms with E-state index in [0.717, 1.165) is 0 Å². The van der Waals surface area contributed by atoms with E-state index in [2.05, 4.69) is 0 Å². The molecule has 0 bridgehead atoms. The van der Waals surface area contributed by atoms with Gasteiger partial charge in [0.15, 0.2) is 0 Å². The van der Waals surface area contributed by atoms with Crippen molar-refractivity contribution in [1.29, 1.82) is 0 Å². The smallest absolute Gasteiger partial charge is 0.258 e. The maximum Gasteiger partial charge on any atom is 0.280 e. The zero-order chi connectivity index (χ0) is 14.9. The van der Waals surface area contributed by atoms with E-state index in [1.165, 1.54) is 12.1 Å². The number of nitro groups is 2. The molecule has 0 unspecified atom stereocenters. The van der Waals surface area contributed by atoms with Crippen LogP contribution in [0.2, 0.25) is 0 Å². The van der Waals surface area contributed by atoms with Gasteiger partial charge < -0.3 is 0 Å². The van der Waals surface area contributed by atoms with Gasteiger partial charge in [0, 0.05) is 11.1 Å². The van der Waals surface area contributed by atoms with E-state index in [1.54, 1.807) is 38.1 Å². The third-order valence-electron chi connectivity index (χ3n) is 3.13. The van der Waals surface area contributed by atoms with Crippen LogP contribution in [0.1, 0.15) is 11.1 Å². The van der Waals surface area contributed by atoms with Crippen molar-refractivity contribution in [2.24, 2.45) is 0 Å². The van der Waals surface area contributed by atoms with Gasteiger partial charge in [0.05, 0.1) is 21.0 Å². The van der Waals surface area contributed by atoms with E-state index in [-0.39, 0.29) is 22.5 Å². The normalized spacial score (nSPS) is 10.3. The van der Waals surface area contributed by atoms with Crippen LogP contribution >= 0.6 is 0 Å². The standard InChI is InChI=1S/C14H12N2O4/c1-9-5-3-7-11(13(9)15(17)18)12-8-4-6-10(2)14(12)16(19)20/h3-8H,1-2H3. The molecule has 0 saturated carbocycles. The molecule has 0 fully saturated rings.